The smallest absolute Gasteiger partial charge is 0.227 e. The molecule has 1 amide bonds. The van der Waals surface area contributed by atoms with Gasteiger partial charge in [0.2, 0.25) is 5.91 Å². The number of aromatic amines is 1. The van der Waals surface area contributed by atoms with Gasteiger partial charge in [0.25, 0.3) is 0 Å². The third-order valence-corrected chi connectivity index (χ3v) is 5.62. The number of aromatic nitrogens is 4. The highest BCUT2D eigenvalue weighted by Gasteiger charge is 2.25. The Labute approximate surface area is 173 Å². The quantitative estimate of drug-likeness (QED) is 0.530. The standard InChI is InChI=1S/C22H22N6O2/c29-22(24-18-3-1-2-17(13-18)19-6-9-23-25-19)16-7-10-28(11-8-16)14-15-4-5-20-21(12-15)27-30-26-20/h1-6,9,12-13,16H,7-8,10-11,14H2,(H,23,25)(H,24,29). The fourth-order valence-electron chi connectivity index (χ4n) is 3.96. The van der Waals surface area contributed by atoms with Crippen molar-refractivity contribution in [2.24, 2.45) is 5.92 Å². The van der Waals surface area contributed by atoms with Crippen molar-refractivity contribution >= 4 is 22.6 Å². The molecule has 0 saturated carbocycles. The number of anilines is 1. The fraction of sp³-hybridized carbons (Fsp3) is 0.273. The SMILES string of the molecule is O=C(Nc1cccc(-c2ccn[nH]2)c1)C1CCN(Cc2ccc3nonc3c2)CC1. The van der Waals surface area contributed by atoms with Crippen LogP contribution in [0.1, 0.15) is 18.4 Å². The second-order valence-corrected chi connectivity index (χ2v) is 7.68. The van der Waals surface area contributed by atoms with Crippen LogP contribution in [0.4, 0.5) is 5.69 Å². The first-order chi connectivity index (χ1) is 14.7. The van der Waals surface area contributed by atoms with Gasteiger partial charge >= 0.3 is 0 Å². The molecular formula is C22H22N6O2. The summed E-state index contributed by atoms with van der Waals surface area (Å²) in [5.41, 5.74) is 5.46. The van der Waals surface area contributed by atoms with E-state index in [0.717, 1.165) is 60.5 Å². The number of benzene rings is 2. The number of nitrogens with one attached hydrogen (secondary N) is 2. The average molecular weight is 402 g/mol. The van der Waals surface area contributed by atoms with Gasteiger partial charge in [0.1, 0.15) is 11.0 Å². The maximum atomic E-state index is 12.8. The normalized spacial score (nSPS) is 15.5. The monoisotopic (exact) mass is 402 g/mol. The zero-order valence-corrected chi connectivity index (χ0v) is 16.4. The number of H-pyrrole nitrogens is 1. The second-order valence-electron chi connectivity index (χ2n) is 7.68. The van der Waals surface area contributed by atoms with E-state index in [4.69, 9.17) is 4.63 Å². The summed E-state index contributed by atoms with van der Waals surface area (Å²) in [6, 6.07) is 15.7. The topological polar surface area (TPSA) is 99.9 Å². The maximum absolute atomic E-state index is 12.8. The summed E-state index contributed by atoms with van der Waals surface area (Å²) in [6.07, 6.45) is 3.41. The van der Waals surface area contributed by atoms with Crippen molar-refractivity contribution in [3.8, 4) is 11.3 Å². The number of hydrogen-bond acceptors (Lipinski definition) is 6. The Balaban J connectivity index is 1.16. The molecule has 5 rings (SSSR count). The van der Waals surface area contributed by atoms with E-state index in [9.17, 15) is 4.79 Å². The van der Waals surface area contributed by atoms with Crippen LogP contribution in [-0.4, -0.2) is 44.4 Å². The molecule has 152 valence electrons. The van der Waals surface area contributed by atoms with Gasteiger partial charge in [-0.3, -0.25) is 14.8 Å². The number of rotatable bonds is 5. The van der Waals surface area contributed by atoms with Crippen LogP contribution in [0.25, 0.3) is 22.3 Å². The average Bonchev–Trinajstić information content (AvgIpc) is 3.46. The zero-order chi connectivity index (χ0) is 20.3. The van der Waals surface area contributed by atoms with E-state index < -0.39 is 0 Å². The molecule has 8 nitrogen and oxygen atoms in total. The van der Waals surface area contributed by atoms with Gasteiger partial charge in [-0.15, -0.1) is 0 Å². The predicted molar refractivity (Wildman–Crippen MR) is 112 cm³/mol. The Morgan fingerprint density at radius 1 is 1.10 bits per heavy atom. The van der Waals surface area contributed by atoms with Crippen molar-refractivity contribution in [2.75, 3.05) is 18.4 Å². The number of piperidine rings is 1. The number of likely N-dealkylation sites (tertiary alicyclic amines) is 1. The molecule has 2 aromatic heterocycles. The number of nitrogens with zero attached hydrogens (tertiary/aromatic N) is 4. The van der Waals surface area contributed by atoms with Crippen LogP contribution >= 0.6 is 0 Å². The molecule has 1 saturated heterocycles. The van der Waals surface area contributed by atoms with E-state index in [0.29, 0.717) is 0 Å². The first-order valence-electron chi connectivity index (χ1n) is 10.1. The lowest BCUT2D eigenvalue weighted by Crippen LogP contribution is -2.37. The molecular weight excluding hydrogens is 380 g/mol. The van der Waals surface area contributed by atoms with Crippen molar-refractivity contribution in [3.63, 3.8) is 0 Å². The van der Waals surface area contributed by atoms with Crippen LogP contribution in [0.3, 0.4) is 0 Å². The molecule has 1 aliphatic heterocycles. The molecule has 4 aromatic rings. The molecule has 2 aromatic carbocycles. The first kappa shape index (κ1) is 18.5. The van der Waals surface area contributed by atoms with E-state index in [1.54, 1.807) is 6.20 Å². The van der Waals surface area contributed by atoms with Crippen LogP contribution in [0.2, 0.25) is 0 Å². The molecule has 0 atom stereocenters. The van der Waals surface area contributed by atoms with Gasteiger partial charge in [0, 0.05) is 29.9 Å². The van der Waals surface area contributed by atoms with Gasteiger partial charge in [-0.25, -0.2) is 4.63 Å². The number of carbonyl (C=O) groups excluding carboxylic acids is 1. The Morgan fingerprint density at radius 3 is 2.80 bits per heavy atom. The van der Waals surface area contributed by atoms with Crippen molar-refractivity contribution in [1.29, 1.82) is 0 Å². The molecule has 1 aliphatic rings. The van der Waals surface area contributed by atoms with Gasteiger partial charge in [0.15, 0.2) is 0 Å². The fourth-order valence-corrected chi connectivity index (χ4v) is 3.96. The predicted octanol–water partition coefficient (Wildman–Crippen LogP) is 3.46. The Morgan fingerprint density at radius 2 is 1.97 bits per heavy atom. The third kappa shape index (κ3) is 3.95. The van der Waals surface area contributed by atoms with E-state index in [1.165, 1.54) is 5.56 Å². The van der Waals surface area contributed by atoms with Crippen molar-refractivity contribution in [3.05, 3.63) is 60.3 Å². The van der Waals surface area contributed by atoms with E-state index >= 15 is 0 Å². The first-order valence-corrected chi connectivity index (χ1v) is 10.1. The molecule has 0 spiro atoms. The van der Waals surface area contributed by atoms with Crippen molar-refractivity contribution < 1.29 is 9.42 Å². The van der Waals surface area contributed by atoms with E-state index in [2.05, 4.69) is 36.8 Å². The minimum atomic E-state index is 0.0271. The maximum Gasteiger partial charge on any atom is 0.227 e. The summed E-state index contributed by atoms with van der Waals surface area (Å²) < 4.78 is 4.76. The summed E-state index contributed by atoms with van der Waals surface area (Å²) >= 11 is 0. The summed E-state index contributed by atoms with van der Waals surface area (Å²) in [6.45, 7) is 2.62. The second kappa shape index (κ2) is 8.08. The van der Waals surface area contributed by atoms with Gasteiger partial charge < -0.3 is 5.32 Å². The van der Waals surface area contributed by atoms with Crippen LogP contribution in [0.5, 0.6) is 0 Å². The largest absolute Gasteiger partial charge is 0.326 e. The van der Waals surface area contributed by atoms with Crippen LogP contribution < -0.4 is 5.32 Å². The van der Waals surface area contributed by atoms with Gasteiger partial charge in [0.05, 0.1) is 5.69 Å². The van der Waals surface area contributed by atoms with Crippen LogP contribution in [-0.2, 0) is 11.3 Å². The zero-order valence-electron chi connectivity index (χ0n) is 16.4. The van der Waals surface area contributed by atoms with E-state index in [1.807, 2.05) is 42.5 Å². The molecule has 30 heavy (non-hydrogen) atoms. The van der Waals surface area contributed by atoms with Crippen LogP contribution in [0.15, 0.2) is 59.4 Å². The molecule has 0 unspecified atom stereocenters. The highest BCUT2D eigenvalue weighted by atomic mass is 16.6. The minimum Gasteiger partial charge on any atom is -0.326 e. The molecule has 0 aliphatic carbocycles. The lowest BCUT2D eigenvalue weighted by atomic mass is 9.95. The molecule has 0 radical (unpaired) electrons. The molecule has 8 heteroatoms. The van der Waals surface area contributed by atoms with Crippen molar-refractivity contribution in [1.82, 2.24) is 25.4 Å². The highest BCUT2D eigenvalue weighted by molar-refractivity contribution is 5.93. The van der Waals surface area contributed by atoms with Gasteiger partial charge in [-0.05, 0) is 72.1 Å². The number of fused-ring (bicyclic) bond motifs is 1. The van der Waals surface area contributed by atoms with Gasteiger partial charge in [-0.2, -0.15) is 5.10 Å². The number of hydrogen-bond donors (Lipinski definition) is 2. The van der Waals surface area contributed by atoms with Crippen molar-refractivity contribution in [2.45, 2.75) is 19.4 Å². The lowest BCUT2D eigenvalue weighted by Gasteiger charge is -2.31. The Kier molecular flexibility index (Phi) is 4.98. The molecule has 0 bridgehead atoms. The minimum absolute atomic E-state index is 0.0271. The number of carbonyl (C=O) groups is 1. The molecule has 2 N–H and O–H groups in total. The summed E-state index contributed by atoms with van der Waals surface area (Å²) in [4.78, 5) is 15.1. The highest BCUT2D eigenvalue weighted by Crippen LogP contribution is 2.24. The Hall–Kier alpha value is -3.52. The number of amides is 1. The molecule has 1 fully saturated rings. The Bertz CT molecular complexity index is 1150. The third-order valence-electron chi connectivity index (χ3n) is 5.62. The summed E-state index contributed by atoms with van der Waals surface area (Å²) in [7, 11) is 0. The van der Waals surface area contributed by atoms with Gasteiger partial charge in [-0.1, -0.05) is 18.2 Å². The summed E-state index contributed by atoms with van der Waals surface area (Å²) in [5.74, 6) is 0.116. The summed E-state index contributed by atoms with van der Waals surface area (Å²) in [5, 5.41) is 17.8. The van der Waals surface area contributed by atoms with E-state index in [-0.39, 0.29) is 11.8 Å². The lowest BCUT2D eigenvalue weighted by molar-refractivity contribution is -0.121. The van der Waals surface area contributed by atoms with Crippen LogP contribution in [0, 0.1) is 5.92 Å². The molecule has 3 heterocycles.